The van der Waals surface area contributed by atoms with E-state index >= 15 is 0 Å². The third-order valence-electron chi connectivity index (χ3n) is 4.65. The van der Waals surface area contributed by atoms with Gasteiger partial charge in [0.15, 0.2) is 11.5 Å². The molecule has 0 aromatic heterocycles. The number of piperidine rings is 1. The van der Waals surface area contributed by atoms with E-state index in [0.717, 1.165) is 43.2 Å². The van der Waals surface area contributed by atoms with Crippen molar-refractivity contribution >= 4 is 5.69 Å². The van der Waals surface area contributed by atoms with Crippen LogP contribution in [0.15, 0.2) is 18.2 Å². The van der Waals surface area contributed by atoms with Crippen LogP contribution in [0.5, 0.6) is 11.5 Å². The van der Waals surface area contributed by atoms with Gasteiger partial charge in [0.1, 0.15) is 13.2 Å². The molecule has 5 nitrogen and oxygen atoms in total. The van der Waals surface area contributed by atoms with E-state index in [4.69, 9.17) is 15.2 Å². The van der Waals surface area contributed by atoms with Gasteiger partial charge in [0, 0.05) is 36.9 Å². The lowest BCUT2D eigenvalue weighted by Gasteiger charge is -2.36. The minimum atomic E-state index is 0.531. The first-order valence-electron chi connectivity index (χ1n) is 8.36. The molecule has 2 aliphatic rings. The standard InChI is InChI=1S/C17H27N3O2/c1-13(4-7-18)20-8-5-14(6-9-20)19-15-2-3-16-17(12-15)22-11-10-21-16/h2-3,12-14,19H,4-11,18H2,1H3/t13-/m1/s1. The number of anilines is 1. The van der Waals surface area contributed by atoms with Crippen molar-refractivity contribution in [2.24, 2.45) is 5.73 Å². The van der Waals surface area contributed by atoms with Gasteiger partial charge in [-0.1, -0.05) is 0 Å². The number of ether oxygens (including phenoxy) is 2. The van der Waals surface area contributed by atoms with Gasteiger partial charge in [-0.2, -0.15) is 0 Å². The zero-order valence-corrected chi connectivity index (χ0v) is 13.4. The highest BCUT2D eigenvalue weighted by Gasteiger charge is 2.22. The maximum absolute atomic E-state index is 5.66. The number of nitrogens with one attached hydrogen (secondary N) is 1. The summed E-state index contributed by atoms with van der Waals surface area (Å²) in [6, 6.07) is 7.26. The third kappa shape index (κ3) is 3.65. The summed E-state index contributed by atoms with van der Waals surface area (Å²) in [5.41, 5.74) is 6.78. The average molecular weight is 305 g/mol. The Kier molecular flexibility index (Phi) is 5.05. The minimum Gasteiger partial charge on any atom is -0.486 e. The Hall–Kier alpha value is -1.46. The number of hydrogen-bond acceptors (Lipinski definition) is 5. The van der Waals surface area contributed by atoms with E-state index in [1.807, 2.05) is 6.07 Å². The zero-order valence-electron chi connectivity index (χ0n) is 13.4. The van der Waals surface area contributed by atoms with Gasteiger partial charge in [-0.3, -0.25) is 0 Å². The van der Waals surface area contributed by atoms with E-state index in [1.165, 1.54) is 12.8 Å². The highest BCUT2D eigenvalue weighted by molar-refractivity contribution is 5.55. The maximum Gasteiger partial charge on any atom is 0.163 e. The van der Waals surface area contributed by atoms with Crippen LogP contribution in [0.1, 0.15) is 26.2 Å². The van der Waals surface area contributed by atoms with E-state index < -0.39 is 0 Å². The fourth-order valence-electron chi connectivity index (χ4n) is 3.28. The molecule has 3 rings (SSSR count). The van der Waals surface area contributed by atoms with Crippen LogP contribution in [0.4, 0.5) is 5.69 Å². The number of nitrogens with two attached hydrogens (primary N) is 1. The predicted octanol–water partition coefficient (Wildman–Crippen LogP) is 2.07. The first-order chi connectivity index (χ1) is 10.8. The van der Waals surface area contributed by atoms with Crippen molar-refractivity contribution in [1.29, 1.82) is 0 Å². The normalized spacial score (nSPS) is 20.6. The van der Waals surface area contributed by atoms with Gasteiger partial charge in [-0.15, -0.1) is 0 Å². The molecule has 3 N–H and O–H groups in total. The molecule has 0 spiro atoms. The Morgan fingerprint density at radius 3 is 2.68 bits per heavy atom. The van der Waals surface area contributed by atoms with Gasteiger partial charge < -0.3 is 25.4 Å². The second-order valence-corrected chi connectivity index (χ2v) is 6.24. The number of benzene rings is 1. The van der Waals surface area contributed by atoms with Gasteiger partial charge in [0.05, 0.1) is 0 Å². The van der Waals surface area contributed by atoms with Crippen LogP contribution in [0, 0.1) is 0 Å². The number of likely N-dealkylation sites (tertiary alicyclic amines) is 1. The molecule has 1 aromatic carbocycles. The molecule has 122 valence electrons. The largest absolute Gasteiger partial charge is 0.486 e. The second-order valence-electron chi connectivity index (χ2n) is 6.24. The number of fused-ring (bicyclic) bond motifs is 1. The van der Waals surface area contributed by atoms with E-state index in [0.29, 0.717) is 25.3 Å². The van der Waals surface area contributed by atoms with E-state index in [2.05, 4.69) is 29.3 Å². The Morgan fingerprint density at radius 1 is 1.23 bits per heavy atom. The summed E-state index contributed by atoms with van der Waals surface area (Å²) < 4.78 is 11.2. The molecule has 2 aliphatic heterocycles. The van der Waals surface area contributed by atoms with Gasteiger partial charge in [-0.05, 0) is 44.9 Å². The molecule has 22 heavy (non-hydrogen) atoms. The van der Waals surface area contributed by atoms with Crippen molar-refractivity contribution in [3.63, 3.8) is 0 Å². The molecule has 0 bridgehead atoms. The molecule has 0 saturated carbocycles. The van der Waals surface area contributed by atoms with Crippen molar-refractivity contribution in [3.05, 3.63) is 18.2 Å². The summed E-state index contributed by atoms with van der Waals surface area (Å²) in [7, 11) is 0. The molecule has 1 aromatic rings. The summed E-state index contributed by atoms with van der Waals surface area (Å²) >= 11 is 0. The molecule has 0 amide bonds. The number of hydrogen-bond donors (Lipinski definition) is 2. The first-order valence-corrected chi connectivity index (χ1v) is 8.36. The summed E-state index contributed by atoms with van der Waals surface area (Å²) in [5, 5.41) is 3.64. The van der Waals surface area contributed by atoms with Crippen molar-refractivity contribution in [1.82, 2.24) is 4.90 Å². The van der Waals surface area contributed by atoms with Gasteiger partial charge in [0.2, 0.25) is 0 Å². The maximum atomic E-state index is 5.66. The number of rotatable bonds is 5. The highest BCUT2D eigenvalue weighted by atomic mass is 16.6. The summed E-state index contributed by atoms with van der Waals surface area (Å²) in [6.45, 7) is 6.61. The minimum absolute atomic E-state index is 0.531. The molecule has 0 unspecified atom stereocenters. The van der Waals surface area contributed by atoms with Gasteiger partial charge >= 0.3 is 0 Å². The number of nitrogens with zero attached hydrogens (tertiary/aromatic N) is 1. The predicted molar refractivity (Wildman–Crippen MR) is 88.8 cm³/mol. The summed E-state index contributed by atoms with van der Waals surface area (Å²) in [6.07, 6.45) is 3.42. The lowest BCUT2D eigenvalue weighted by atomic mass is 10.0. The first kappa shape index (κ1) is 15.4. The Balaban J connectivity index is 1.52. The lowest BCUT2D eigenvalue weighted by Crippen LogP contribution is -2.44. The third-order valence-corrected chi connectivity index (χ3v) is 4.65. The van der Waals surface area contributed by atoms with E-state index in [9.17, 15) is 0 Å². The fourth-order valence-corrected chi connectivity index (χ4v) is 3.28. The van der Waals surface area contributed by atoms with Crippen molar-refractivity contribution < 1.29 is 9.47 Å². The molecule has 0 aliphatic carbocycles. The SMILES string of the molecule is C[C@H](CCN)N1CCC(Nc2ccc3c(c2)OCCO3)CC1. The van der Waals surface area contributed by atoms with Crippen LogP contribution < -0.4 is 20.5 Å². The Bertz CT molecular complexity index is 487. The molecule has 1 fully saturated rings. The van der Waals surface area contributed by atoms with Crippen LogP contribution in [-0.2, 0) is 0 Å². The second kappa shape index (κ2) is 7.20. The van der Waals surface area contributed by atoms with Crippen LogP contribution in [0.3, 0.4) is 0 Å². The molecule has 0 radical (unpaired) electrons. The van der Waals surface area contributed by atoms with Gasteiger partial charge in [-0.25, -0.2) is 0 Å². The Morgan fingerprint density at radius 2 is 1.95 bits per heavy atom. The smallest absolute Gasteiger partial charge is 0.163 e. The monoisotopic (exact) mass is 305 g/mol. The molecule has 5 heteroatoms. The fraction of sp³-hybridized carbons (Fsp3) is 0.647. The molecule has 2 heterocycles. The van der Waals surface area contributed by atoms with Crippen molar-refractivity contribution in [2.75, 3.05) is 38.2 Å². The van der Waals surface area contributed by atoms with Crippen LogP contribution in [0.25, 0.3) is 0 Å². The van der Waals surface area contributed by atoms with Crippen LogP contribution >= 0.6 is 0 Å². The van der Waals surface area contributed by atoms with Crippen LogP contribution in [-0.4, -0.2) is 49.8 Å². The molecule has 1 saturated heterocycles. The quantitative estimate of drug-likeness (QED) is 0.872. The topological polar surface area (TPSA) is 59.8 Å². The molecule has 1 atom stereocenters. The Labute approximate surface area is 132 Å². The van der Waals surface area contributed by atoms with Crippen molar-refractivity contribution in [2.45, 2.75) is 38.3 Å². The summed E-state index contributed by atoms with van der Waals surface area (Å²) in [4.78, 5) is 2.55. The molecular formula is C17H27N3O2. The van der Waals surface area contributed by atoms with Crippen molar-refractivity contribution in [3.8, 4) is 11.5 Å². The van der Waals surface area contributed by atoms with Gasteiger partial charge in [0.25, 0.3) is 0 Å². The molecular weight excluding hydrogens is 278 g/mol. The lowest BCUT2D eigenvalue weighted by molar-refractivity contribution is 0.161. The average Bonchev–Trinajstić information content (AvgIpc) is 2.56. The van der Waals surface area contributed by atoms with E-state index in [1.54, 1.807) is 0 Å². The van der Waals surface area contributed by atoms with E-state index in [-0.39, 0.29) is 0 Å². The summed E-state index contributed by atoms with van der Waals surface area (Å²) in [5.74, 6) is 1.70. The van der Waals surface area contributed by atoms with Crippen LogP contribution in [0.2, 0.25) is 0 Å². The zero-order chi connectivity index (χ0) is 15.4. The highest BCUT2D eigenvalue weighted by Crippen LogP contribution is 2.33.